The van der Waals surface area contributed by atoms with Crippen LogP contribution in [0.2, 0.25) is 0 Å². The minimum absolute atomic E-state index is 0.0422. The van der Waals surface area contributed by atoms with Gasteiger partial charge in [-0.2, -0.15) is 10.1 Å². The molecule has 4 fully saturated rings. The maximum Gasteiger partial charge on any atom is 0.289 e. The topological polar surface area (TPSA) is 496 Å². The molecule has 9 aromatic heterocycles. The van der Waals surface area contributed by atoms with Crippen LogP contribution < -0.4 is 31.7 Å². The molecule has 12 heterocycles. The second-order valence-electron chi connectivity index (χ2n) is 24.1. The summed E-state index contributed by atoms with van der Waals surface area (Å²) in [7, 11) is 5.03. The largest absolute Gasteiger partial charge is 0.387 e. The number of imidazole rings is 3. The molecule has 0 bridgehead atoms. The van der Waals surface area contributed by atoms with Crippen LogP contribution in [0.1, 0.15) is 180 Å². The van der Waals surface area contributed by atoms with E-state index in [-0.39, 0.29) is 34.6 Å². The predicted molar refractivity (Wildman–Crippen MR) is 352 cm³/mol. The lowest BCUT2D eigenvalue weighted by Gasteiger charge is -2.17. The molecule has 12 atom stereocenters. The fourth-order valence-electron chi connectivity index (χ4n) is 11.2. The van der Waals surface area contributed by atoms with Crippen molar-refractivity contribution in [3.05, 3.63) is 77.8 Å². The molecule has 98 heavy (non-hydrogen) atoms. The van der Waals surface area contributed by atoms with E-state index < -0.39 is 85.4 Å². The Bertz CT molecular complexity index is 4120. The van der Waals surface area contributed by atoms with Gasteiger partial charge in [-0.15, -0.1) is 0 Å². The first-order valence-corrected chi connectivity index (χ1v) is 33.6. The van der Waals surface area contributed by atoms with Crippen LogP contribution in [0.4, 0.5) is 17.5 Å². The zero-order valence-corrected chi connectivity index (χ0v) is 56.8. The van der Waals surface area contributed by atoms with E-state index in [0.717, 1.165) is 18.1 Å². The van der Waals surface area contributed by atoms with Crippen molar-refractivity contribution in [3.8, 4) is 0 Å². The quantitative estimate of drug-likeness (QED) is 0.0363. The molecule has 0 radical (unpaired) electrons. The van der Waals surface area contributed by atoms with Crippen LogP contribution in [-0.4, -0.2) is 201 Å². The number of carbonyl (C=O) groups is 2. The highest BCUT2D eigenvalue weighted by Gasteiger charge is 2.50. The Morgan fingerprint density at radius 1 is 0.622 bits per heavy atom. The van der Waals surface area contributed by atoms with Gasteiger partial charge in [-0.05, 0) is 31.6 Å². The number of amides is 2. The van der Waals surface area contributed by atoms with Gasteiger partial charge in [0.05, 0.1) is 31.2 Å². The number of nitrogens with one attached hydrogen (secondary N) is 5. The highest BCUT2D eigenvalue weighted by molar-refractivity contribution is 7.97. The summed E-state index contributed by atoms with van der Waals surface area (Å²) < 4.78 is 37.5. The lowest BCUT2D eigenvalue weighted by molar-refractivity contribution is -0.0434. The summed E-state index contributed by atoms with van der Waals surface area (Å²) in [5, 5.41) is 87.1. The van der Waals surface area contributed by atoms with Gasteiger partial charge in [0, 0.05) is 52.5 Å². The van der Waals surface area contributed by atoms with Gasteiger partial charge in [0.1, 0.15) is 54.9 Å². The maximum absolute atomic E-state index is 12.4. The Morgan fingerprint density at radius 2 is 1.15 bits per heavy atom. The number of hydrogen-bond donors (Lipinski definition) is 12. The molecule has 0 aromatic carbocycles. The van der Waals surface area contributed by atoms with Crippen LogP contribution in [0.25, 0.3) is 33.5 Å². The van der Waals surface area contributed by atoms with Gasteiger partial charge in [0.25, 0.3) is 11.8 Å². The molecule has 3 saturated heterocycles. The molecule has 530 valence electrons. The Balaban J connectivity index is 0.000000152. The van der Waals surface area contributed by atoms with Gasteiger partial charge in [-0.1, -0.05) is 95.9 Å². The standard InChI is InChI=1S/C19H28N8O4S.C19H25N7O5.C15H19N9O4.C7H14/c1-5-11-25-17(26-31-11)15-13(28)14(29)19(30-15)27-8-21-12-16(20-4)23-10(24-18(12)27)6-22-32-7-9(2)3;1-4-6-21-18(29)16-23-15(20-3)11-17(24-16)26(8-22-11)19-13(28)12(27)14(30-19)10-7-9(5-2)25-31-10;1-3-23-4-19-12(22-23)9-7(25)8(26)15(28-9)24-5-18-6-11(17-2)20-13(10(16)27)21-14(6)24;1-7-5-3-2-4-6-7/h8-9,13-15,19,22,28-29H,5-7H2,1-4H3,(H,20,23,24);7-8,12-14,19,27-28H,4-6H2,1-3H3,(H,21,29)(H,20,23,24);4-5,7-9,15,25-26H,3H2,1-2H3,(H2,16,27)(H,17,20,21);7H,2-6H2,1H3/t13-,14+,15-,19+;12-,13+,14+,19+;7-,8+,9-,15+;/m000./s1. The summed E-state index contributed by atoms with van der Waals surface area (Å²) >= 11 is 1.62. The molecule has 0 spiro atoms. The van der Waals surface area contributed by atoms with Crippen LogP contribution in [0.15, 0.2) is 40.4 Å². The SMILES string of the molecule is CC1CCCCC1.CCCNC(=O)c1nc(NC)c2ncn([C@@H]3O[C@H](c4cc(CC)no4)[C@@H](O)[C@H]3O)c2n1.CCc1nc([C@H]2O[C@@H](n3cnc4c(NC)nc(CNSCC(C)C)nc43)[C@H](O)[C@@H]2O)no1.CCn1cnc([C@H]2O[C@@H](n3cnc4c(NC)nc(C(N)=O)nc43)[C@H](O)[C@@H]2O)n1. The summed E-state index contributed by atoms with van der Waals surface area (Å²) in [6.45, 7) is 15.9. The molecule has 37 nitrogen and oxygen atoms in total. The predicted octanol–water partition coefficient (Wildman–Crippen LogP) is 2.91. The Hall–Kier alpha value is -8.57. The number of aromatic nitrogens is 18. The van der Waals surface area contributed by atoms with Crippen molar-refractivity contribution >= 4 is 74.7 Å². The monoisotopic (exact) mass is 1380 g/mol. The molecular weight excluding hydrogens is 1300 g/mol. The number of rotatable bonds is 21. The highest BCUT2D eigenvalue weighted by atomic mass is 32.2. The summed E-state index contributed by atoms with van der Waals surface area (Å²) in [6, 6.07) is 1.69. The third-order valence-corrected chi connectivity index (χ3v) is 17.7. The smallest absolute Gasteiger partial charge is 0.289 e. The molecule has 0 unspecified atom stereocenters. The number of carbonyl (C=O) groups excluding carboxylic acids is 2. The van der Waals surface area contributed by atoms with E-state index in [2.05, 4.69) is 117 Å². The summed E-state index contributed by atoms with van der Waals surface area (Å²) in [5.74, 6) is 4.06. The molecule has 2 amide bonds. The first-order chi connectivity index (χ1) is 47.2. The molecule has 1 saturated carbocycles. The number of anilines is 3. The first kappa shape index (κ1) is 72.2. The zero-order chi connectivity index (χ0) is 70.1. The molecular formula is C60H86N24O13S. The number of primary amides is 1. The van der Waals surface area contributed by atoms with Crippen molar-refractivity contribution < 1.29 is 63.5 Å². The van der Waals surface area contributed by atoms with Gasteiger partial charge in [0.2, 0.25) is 23.4 Å². The van der Waals surface area contributed by atoms with E-state index in [4.69, 9.17) is 29.0 Å². The van der Waals surface area contributed by atoms with Gasteiger partial charge in [0.15, 0.2) is 93.4 Å². The van der Waals surface area contributed by atoms with E-state index in [1.807, 2.05) is 27.7 Å². The molecule has 38 heteroatoms. The van der Waals surface area contributed by atoms with E-state index in [1.165, 1.54) is 66.5 Å². The minimum atomic E-state index is -1.30. The highest BCUT2D eigenvalue weighted by Crippen LogP contribution is 2.43. The summed E-state index contributed by atoms with van der Waals surface area (Å²) in [5.41, 5.74) is 8.29. The molecule has 13 rings (SSSR count). The number of fused-ring (bicyclic) bond motifs is 3. The number of nitrogens with two attached hydrogens (primary N) is 1. The number of aryl methyl sites for hydroxylation is 3. The van der Waals surface area contributed by atoms with E-state index in [1.54, 1.807) is 48.4 Å². The second-order valence-corrected chi connectivity index (χ2v) is 25.0. The molecule has 3 aliphatic heterocycles. The maximum atomic E-state index is 12.4. The summed E-state index contributed by atoms with van der Waals surface area (Å²) in [4.78, 5) is 71.1. The van der Waals surface area contributed by atoms with Crippen LogP contribution in [-0.2, 0) is 40.1 Å². The van der Waals surface area contributed by atoms with Crippen molar-refractivity contribution in [2.24, 2.45) is 17.6 Å². The second kappa shape index (κ2) is 32.4. The fraction of sp³-hybridized carbons (Fsp3) is 0.600. The van der Waals surface area contributed by atoms with E-state index in [0.29, 0.717) is 101 Å². The first-order valence-electron chi connectivity index (χ1n) is 32.6. The molecule has 1 aliphatic carbocycles. The van der Waals surface area contributed by atoms with Crippen LogP contribution in [0.3, 0.4) is 0 Å². The third-order valence-electron chi connectivity index (χ3n) is 16.6. The van der Waals surface area contributed by atoms with Crippen LogP contribution in [0.5, 0.6) is 0 Å². The number of aliphatic hydroxyl groups is 6. The average Bonchev–Trinajstić information content (AvgIpc) is 1.62. The normalized spacial score (nSPS) is 23.9. The number of nitrogens with zero attached hydrogens (tertiary/aromatic N) is 18. The number of hydrogen-bond acceptors (Lipinski definition) is 32. The molecule has 4 aliphatic rings. The van der Waals surface area contributed by atoms with Crippen LogP contribution in [0, 0.1) is 11.8 Å². The Labute approximate surface area is 566 Å². The van der Waals surface area contributed by atoms with Crippen molar-refractivity contribution in [1.29, 1.82) is 0 Å². The zero-order valence-electron chi connectivity index (χ0n) is 56.0. The lowest BCUT2D eigenvalue weighted by Crippen LogP contribution is -2.29. The fourth-order valence-corrected chi connectivity index (χ4v) is 11.9. The van der Waals surface area contributed by atoms with Gasteiger partial charge < -0.3 is 80.9 Å². The van der Waals surface area contributed by atoms with E-state index >= 15 is 0 Å². The average molecular weight is 1380 g/mol. The summed E-state index contributed by atoms with van der Waals surface area (Å²) in [6.07, 6.45) is 1.93. The number of ether oxygens (including phenoxy) is 3. The number of aliphatic hydroxyl groups excluding tert-OH is 6. The van der Waals surface area contributed by atoms with Gasteiger partial charge in [-0.25, -0.2) is 49.8 Å². The minimum Gasteiger partial charge on any atom is -0.387 e. The molecule has 9 aromatic rings. The Kier molecular flexibility index (Phi) is 23.9. The van der Waals surface area contributed by atoms with Gasteiger partial charge in [-0.3, -0.25) is 32.7 Å². The third kappa shape index (κ3) is 15.6. The lowest BCUT2D eigenvalue weighted by atomic mass is 9.91. The van der Waals surface area contributed by atoms with E-state index in [9.17, 15) is 40.2 Å². The molecule has 13 N–H and O–H groups in total. The Morgan fingerprint density at radius 3 is 1.63 bits per heavy atom. The van der Waals surface area contributed by atoms with Crippen molar-refractivity contribution in [1.82, 2.24) is 98.7 Å². The van der Waals surface area contributed by atoms with Crippen molar-refractivity contribution in [3.63, 3.8) is 0 Å². The van der Waals surface area contributed by atoms with Crippen LogP contribution >= 0.6 is 11.9 Å². The van der Waals surface area contributed by atoms with Gasteiger partial charge >= 0.3 is 0 Å². The van der Waals surface area contributed by atoms with Crippen molar-refractivity contribution in [2.75, 3.05) is 49.4 Å². The van der Waals surface area contributed by atoms with Crippen molar-refractivity contribution in [2.45, 2.75) is 187 Å².